The highest BCUT2D eigenvalue weighted by Gasteiger charge is 2.09. The minimum Gasteiger partial charge on any atom is -0.385 e. The number of rotatable bonds is 8. The molecule has 0 unspecified atom stereocenters. The molecule has 0 aliphatic rings. The zero-order valence-electron chi connectivity index (χ0n) is 11.2. The van der Waals surface area contributed by atoms with Crippen molar-refractivity contribution in [2.45, 2.75) is 12.8 Å². The molecule has 100 valence electrons. The van der Waals surface area contributed by atoms with Crippen LogP contribution in [-0.2, 0) is 11.2 Å². The van der Waals surface area contributed by atoms with Crippen LogP contribution in [0.3, 0.4) is 0 Å². The highest BCUT2D eigenvalue weighted by atomic mass is 16.5. The van der Waals surface area contributed by atoms with Gasteiger partial charge in [0.15, 0.2) is 0 Å². The maximum absolute atomic E-state index is 12.0. The molecule has 0 aromatic heterocycles. The second-order valence-electron chi connectivity index (χ2n) is 4.11. The van der Waals surface area contributed by atoms with Gasteiger partial charge in [-0.3, -0.25) is 4.79 Å². The van der Waals surface area contributed by atoms with E-state index in [1.54, 1.807) is 7.11 Å². The van der Waals surface area contributed by atoms with Crippen molar-refractivity contribution in [2.75, 3.05) is 33.9 Å². The summed E-state index contributed by atoms with van der Waals surface area (Å²) in [6.45, 7) is 2.18. The summed E-state index contributed by atoms with van der Waals surface area (Å²) in [5.74, 6) is -0.00203. The van der Waals surface area contributed by atoms with Gasteiger partial charge < -0.3 is 15.4 Å². The van der Waals surface area contributed by atoms with Gasteiger partial charge in [0.05, 0.1) is 0 Å². The van der Waals surface area contributed by atoms with Crippen LogP contribution in [0.4, 0.5) is 0 Å². The Bertz CT molecular complexity index is 367. The number of hydrogen-bond acceptors (Lipinski definition) is 3. The quantitative estimate of drug-likeness (QED) is 0.682. The molecule has 18 heavy (non-hydrogen) atoms. The van der Waals surface area contributed by atoms with Crippen LogP contribution in [0.25, 0.3) is 0 Å². The second kappa shape index (κ2) is 8.66. The van der Waals surface area contributed by atoms with Gasteiger partial charge in [0.2, 0.25) is 0 Å². The van der Waals surface area contributed by atoms with Gasteiger partial charge in [0, 0.05) is 25.8 Å². The molecular weight excluding hydrogens is 228 g/mol. The number of hydrogen-bond donors (Lipinski definition) is 2. The van der Waals surface area contributed by atoms with Crippen molar-refractivity contribution in [3.05, 3.63) is 35.4 Å². The summed E-state index contributed by atoms with van der Waals surface area (Å²) < 4.78 is 4.95. The Kier molecular flexibility index (Phi) is 7.06. The molecule has 0 fully saturated rings. The van der Waals surface area contributed by atoms with Crippen LogP contribution in [0.1, 0.15) is 22.3 Å². The van der Waals surface area contributed by atoms with Gasteiger partial charge in [-0.2, -0.15) is 0 Å². The van der Waals surface area contributed by atoms with Gasteiger partial charge in [-0.1, -0.05) is 18.2 Å². The Balaban J connectivity index is 2.55. The first-order valence-corrected chi connectivity index (χ1v) is 6.29. The number of ether oxygens (including phenoxy) is 1. The molecule has 2 N–H and O–H groups in total. The first kappa shape index (κ1) is 14.7. The maximum Gasteiger partial charge on any atom is 0.251 e. The molecule has 0 bridgehead atoms. The Hall–Kier alpha value is -1.39. The summed E-state index contributed by atoms with van der Waals surface area (Å²) in [6, 6.07) is 7.73. The number of benzene rings is 1. The maximum atomic E-state index is 12.0. The summed E-state index contributed by atoms with van der Waals surface area (Å²) in [4.78, 5) is 12.0. The fourth-order valence-electron chi connectivity index (χ4n) is 1.73. The van der Waals surface area contributed by atoms with E-state index >= 15 is 0 Å². The van der Waals surface area contributed by atoms with Crippen molar-refractivity contribution < 1.29 is 9.53 Å². The largest absolute Gasteiger partial charge is 0.385 e. The lowest BCUT2D eigenvalue weighted by Gasteiger charge is -2.09. The summed E-state index contributed by atoms with van der Waals surface area (Å²) in [7, 11) is 3.57. The number of amides is 1. The predicted octanol–water partition coefficient (Wildman–Crippen LogP) is 1.21. The highest BCUT2D eigenvalue weighted by Crippen LogP contribution is 2.09. The number of methoxy groups -OCH3 is 1. The molecule has 0 aliphatic carbocycles. The average molecular weight is 250 g/mol. The monoisotopic (exact) mass is 250 g/mol. The van der Waals surface area contributed by atoms with Crippen LogP contribution >= 0.6 is 0 Å². The van der Waals surface area contributed by atoms with E-state index in [9.17, 15) is 4.79 Å². The van der Waals surface area contributed by atoms with Gasteiger partial charge >= 0.3 is 0 Å². The lowest BCUT2D eigenvalue weighted by atomic mass is 10.0. The van der Waals surface area contributed by atoms with E-state index in [0.717, 1.165) is 30.5 Å². The molecule has 0 atom stereocenters. The Morgan fingerprint density at radius 1 is 1.28 bits per heavy atom. The lowest BCUT2D eigenvalue weighted by molar-refractivity contribution is 0.0947. The SMILES string of the molecule is CNCCc1ccccc1C(=O)NCCCOC. The Labute approximate surface area is 109 Å². The van der Waals surface area contributed by atoms with Crippen LogP contribution in [0.15, 0.2) is 24.3 Å². The van der Waals surface area contributed by atoms with Gasteiger partial charge in [-0.05, 0) is 38.1 Å². The van der Waals surface area contributed by atoms with Crippen LogP contribution in [0.5, 0.6) is 0 Å². The molecule has 0 saturated carbocycles. The number of likely N-dealkylation sites (N-methyl/N-ethyl adjacent to an activating group) is 1. The minimum atomic E-state index is -0.00203. The standard InChI is InChI=1S/C14H22N2O2/c1-15-10-8-12-6-3-4-7-13(12)14(17)16-9-5-11-18-2/h3-4,6-7,15H,5,8-11H2,1-2H3,(H,16,17). The molecule has 0 radical (unpaired) electrons. The first-order chi connectivity index (χ1) is 8.79. The van der Waals surface area contributed by atoms with Crippen LogP contribution < -0.4 is 10.6 Å². The highest BCUT2D eigenvalue weighted by molar-refractivity contribution is 5.95. The Morgan fingerprint density at radius 3 is 2.78 bits per heavy atom. The van der Waals surface area contributed by atoms with E-state index in [-0.39, 0.29) is 5.91 Å². The molecule has 4 nitrogen and oxygen atoms in total. The van der Waals surface area contributed by atoms with E-state index in [1.165, 1.54) is 0 Å². The van der Waals surface area contributed by atoms with Crippen LogP contribution in [-0.4, -0.2) is 39.8 Å². The molecule has 4 heteroatoms. The van der Waals surface area contributed by atoms with Crippen LogP contribution in [0.2, 0.25) is 0 Å². The average Bonchev–Trinajstić information content (AvgIpc) is 2.41. The van der Waals surface area contributed by atoms with E-state index in [2.05, 4.69) is 10.6 Å². The molecular formula is C14H22N2O2. The normalized spacial score (nSPS) is 10.3. The second-order valence-corrected chi connectivity index (χ2v) is 4.11. The molecule has 0 heterocycles. The predicted molar refractivity (Wildman–Crippen MR) is 72.9 cm³/mol. The van der Waals surface area contributed by atoms with E-state index in [1.807, 2.05) is 31.3 Å². The summed E-state index contributed by atoms with van der Waals surface area (Å²) >= 11 is 0. The van der Waals surface area contributed by atoms with Gasteiger partial charge in [-0.25, -0.2) is 0 Å². The zero-order chi connectivity index (χ0) is 13.2. The number of carbonyl (C=O) groups excluding carboxylic acids is 1. The van der Waals surface area contributed by atoms with E-state index in [4.69, 9.17) is 4.74 Å². The molecule has 1 rings (SSSR count). The molecule has 1 aromatic carbocycles. The third kappa shape index (κ3) is 4.85. The van der Waals surface area contributed by atoms with Gasteiger partial charge in [0.1, 0.15) is 0 Å². The molecule has 0 spiro atoms. The van der Waals surface area contributed by atoms with Gasteiger partial charge in [-0.15, -0.1) is 0 Å². The Morgan fingerprint density at radius 2 is 2.06 bits per heavy atom. The number of nitrogens with one attached hydrogen (secondary N) is 2. The van der Waals surface area contributed by atoms with Crippen LogP contribution in [0, 0.1) is 0 Å². The lowest BCUT2D eigenvalue weighted by Crippen LogP contribution is -2.26. The summed E-state index contributed by atoms with van der Waals surface area (Å²) in [5.41, 5.74) is 1.85. The molecule has 1 amide bonds. The fraction of sp³-hybridized carbons (Fsp3) is 0.500. The van der Waals surface area contributed by atoms with E-state index in [0.29, 0.717) is 13.2 Å². The van der Waals surface area contributed by atoms with Crippen molar-refractivity contribution in [1.29, 1.82) is 0 Å². The number of carbonyl (C=O) groups is 1. The fourth-order valence-corrected chi connectivity index (χ4v) is 1.73. The topological polar surface area (TPSA) is 50.4 Å². The van der Waals surface area contributed by atoms with E-state index < -0.39 is 0 Å². The third-order valence-electron chi connectivity index (χ3n) is 2.72. The summed E-state index contributed by atoms with van der Waals surface area (Å²) in [6.07, 6.45) is 1.69. The minimum absolute atomic E-state index is 0.00203. The smallest absolute Gasteiger partial charge is 0.251 e. The van der Waals surface area contributed by atoms with Gasteiger partial charge in [0.25, 0.3) is 5.91 Å². The van der Waals surface area contributed by atoms with Crippen molar-refractivity contribution in [3.63, 3.8) is 0 Å². The molecule has 0 saturated heterocycles. The van der Waals surface area contributed by atoms with Crippen molar-refractivity contribution in [3.8, 4) is 0 Å². The van der Waals surface area contributed by atoms with Crippen molar-refractivity contribution >= 4 is 5.91 Å². The third-order valence-corrected chi connectivity index (χ3v) is 2.72. The molecule has 0 aliphatic heterocycles. The molecule has 1 aromatic rings. The van der Waals surface area contributed by atoms with Crippen molar-refractivity contribution in [1.82, 2.24) is 10.6 Å². The first-order valence-electron chi connectivity index (χ1n) is 6.29. The van der Waals surface area contributed by atoms with Crippen molar-refractivity contribution in [2.24, 2.45) is 0 Å². The summed E-state index contributed by atoms with van der Waals surface area (Å²) in [5, 5.41) is 6.01. The zero-order valence-corrected chi connectivity index (χ0v) is 11.2.